The van der Waals surface area contributed by atoms with Crippen LogP contribution in [0.4, 0.5) is 36.4 Å². The molecule has 2 aromatic rings. The van der Waals surface area contributed by atoms with Crippen molar-refractivity contribution < 1.29 is 40.2 Å². The topological polar surface area (TPSA) is 42.8 Å². The maximum absolute atomic E-state index is 13.8. The molecule has 1 N–H and O–H groups in total. The fourth-order valence-corrected chi connectivity index (χ4v) is 2.16. The van der Waals surface area contributed by atoms with Crippen molar-refractivity contribution in [3.05, 3.63) is 52.6 Å². The van der Waals surface area contributed by atoms with E-state index in [2.05, 4.69) is 5.10 Å². The average molecular weight is 396 g/mol. The molecule has 0 unspecified atom stereocenters. The Kier molecular flexibility index (Phi) is 5.82. The number of nitrogens with one attached hydrogen (secondary N) is 1. The number of ether oxygens (including phenoxy) is 2. The number of para-hydroxylation sites is 1. The van der Waals surface area contributed by atoms with Gasteiger partial charge < -0.3 is 9.47 Å². The van der Waals surface area contributed by atoms with Crippen molar-refractivity contribution in [3.63, 3.8) is 0 Å². The molecule has 0 aliphatic heterocycles. The highest BCUT2D eigenvalue weighted by atomic mass is 19.4. The number of benzene rings is 2. The second-order valence-corrected chi connectivity index (χ2v) is 4.96. The molecule has 0 fully saturated rings. The number of halogens is 7. The van der Waals surface area contributed by atoms with Gasteiger partial charge in [0.25, 0.3) is 0 Å². The third-order valence-electron chi connectivity index (χ3n) is 3.36. The minimum atomic E-state index is -5.62. The number of alkyl halides is 3. The molecule has 0 spiro atoms. The van der Waals surface area contributed by atoms with Gasteiger partial charge in [-0.2, -0.15) is 18.3 Å². The maximum atomic E-state index is 13.8. The zero-order valence-corrected chi connectivity index (χ0v) is 13.7. The van der Waals surface area contributed by atoms with Crippen LogP contribution in [0.25, 0.3) is 0 Å². The number of rotatable bonds is 5. The average Bonchev–Trinajstić information content (AvgIpc) is 2.61. The van der Waals surface area contributed by atoms with Crippen LogP contribution in [0.3, 0.4) is 0 Å². The molecule has 0 amide bonds. The van der Waals surface area contributed by atoms with E-state index in [9.17, 15) is 30.7 Å². The highest BCUT2D eigenvalue weighted by Crippen LogP contribution is 2.38. The van der Waals surface area contributed by atoms with Crippen molar-refractivity contribution >= 4 is 11.9 Å². The van der Waals surface area contributed by atoms with Gasteiger partial charge >= 0.3 is 6.18 Å². The molecule has 4 nitrogen and oxygen atoms in total. The van der Waals surface area contributed by atoms with Gasteiger partial charge in [-0.25, -0.2) is 17.6 Å². The lowest BCUT2D eigenvalue weighted by atomic mass is 10.1. The van der Waals surface area contributed by atoms with Crippen LogP contribution in [0.15, 0.2) is 23.3 Å². The van der Waals surface area contributed by atoms with Gasteiger partial charge in [0.05, 0.1) is 20.4 Å². The lowest BCUT2D eigenvalue weighted by Crippen LogP contribution is -2.16. The minimum Gasteiger partial charge on any atom is -0.493 e. The van der Waals surface area contributed by atoms with E-state index in [0.29, 0.717) is 5.75 Å². The molecule has 0 atom stereocenters. The largest absolute Gasteiger partial charge is 0.493 e. The van der Waals surface area contributed by atoms with Crippen LogP contribution in [-0.4, -0.2) is 20.4 Å². The number of hydrogen-bond donors (Lipinski definition) is 1. The van der Waals surface area contributed by atoms with E-state index in [1.54, 1.807) is 11.5 Å². The summed E-state index contributed by atoms with van der Waals surface area (Å²) >= 11 is 0. The lowest BCUT2D eigenvalue weighted by Gasteiger charge is -2.13. The van der Waals surface area contributed by atoms with E-state index in [-0.39, 0.29) is 11.3 Å². The Hall–Kier alpha value is -2.98. The number of methoxy groups -OCH3 is 2. The molecule has 27 heavy (non-hydrogen) atoms. The first-order valence-corrected chi connectivity index (χ1v) is 7.06. The minimum absolute atomic E-state index is 0.191. The second-order valence-electron chi connectivity index (χ2n) is 4.96. The maximum Gasteiger partial charge on any atom is 0.422 e. The van der Waals surface area contributed by atoms with Gasteiger partial charge in [-0.05, 0) is 12.1 Å². The summed E-state index contributed by atoms with van der Waals surface area (Å²) in [5.41, 5.74) is -2.28. The molecule has 2 rings (SSSR count). The molecular weight excluding hydrogens is 385 g/mol. The van der Waals surface area contributed by atoms with Crippen LogP contribution in [0.2, 0.25) is 0 Å². The fraction of sp³-hybridized carbons (Fsp3) is 0.188. The molecule has 0 aromatic heterocycles. The standard InChI is InChI=1S/C16H11F7N2O2/c1-26-8-5-3-4-7(15(8)27-2)6-24-25-14-12(19)10(17)9(16(21,22)23)11(18)13(14)20/h3-6,25H,1-2H3/b24-6-. The summed E-state index contributed by atoms with van der Waals surface area (Å²) < 4.78 is 102. The van der Waals surface area contributed by atoms with E-state index in [4.69, 9.17) is 9.47 Å². The molecular formula is C16H11F7N2O2. The van der Waals surface area contributed by atoms with Crippen molar-refractivity contribution in [2.24, 2.45) is 5.10 Å². The van der Waals surface area contributed by atoms with E-state index in [1.165, 1.54) is 26.4 Å². The predicted octanol–water partition coefficient (Wildman–Crippen LogP) is 4.73. The van der Waals surface area contributed by atoms with Crippen LogP contribution >= 0.6 is 0 Å². The van der Waals surface area contributed by atoms with E-state index in [1.807, 2.05) is 0 Å². The Labute approximate surface area is 148 Å². The van der Waals surface area contributed by atoms with Gasteiger partial charge in [0.15, 0.2) is 34.8 Å². The highest BCUT2D eigenvalue weighted by Gasteiger charge is 2.42. The zero-order valence-electron chi connectivity index (χ0n) is 13.7. The Bertz CT molecular complexity index is 853. The molecule has 2 aromatic carbocycles. The van der Waals surface area contributed by atoms with E-state index in [0.717, 1.165) is 6.21 Å². The zero-order chi connectivity index (χ0) is 20.4. The van der Waals surface area contributed by atoms with Gasteiger partial charge in [0.2, 0.25) is 0 Å². The monoisotopic (exact) mass is 396 g/mol. The first-order valence-electron chi connectivity index (χ1n) is 7.06. The molecule has 146 valence electrons. The predicted molar refractivity (Wildman–Crippen MR) is 82.0 cm³/mol. The first kappa shape index (κ1) is 20.3. The second kappa shape index (κ2) is 7.72. The van der Waals surface area contributed by atoms with Gasteiger partial charge in [-0.15, -0.1) is 0 Å². The van der Waals surface area contributed by atoms with Crippen molar-refractivity contribution in [1.29, 1.82) is 0 Å². The van der Waals surface area contributed by atoms with Crippen molar-refractivity contribution in [2.75, 3.05) is 19.6 Å². The first-order chi connectivity index (χ1) is 12.6. The summed E-state index contributed by atoms with van der Waals surface area (Å²) in [5.74, 6) is -9.22. The smallest absolute Gasteiger partial charge is 0.422 e. The summed E-state index contributed by atoms with van der Waals surface area (Å²) in [6, 6.07) is 4.54. The number of nitrogens with zero attached hydrogens (tertiary/aromatic N) is 1. The fourth-order valence-electron chi connectivity index (χ4n) is 2.16. The van der Waals surface area contributed by atoms with Crippen molar-refractivity contribution in [2.45, 2.75) is 6.18 Å². The van der Waals surface area contributed by atoms with Gasteiger partial charge in [0, 0.05) is 5.56 Å². The molecule has 0 heterocycles. The Morgan fingerprint density at radius 1 is 0.926 bits per heavy atom. The van der Waals surface area contributed by atoms with Gasteiger partial charge in [-0.1, -0.05) is 6.07 Å². The molecule has 0 radical (unpaired) electrons. The Morgan fingerprint density at radius 3 is 2.00 bits per heavy atom. The molecule has 0 saturated heterocycles. The van der Waals surface area contributed by atoms with Crippen LogP contribution in [0.5, 0.6) is 11.5 Å². The van der Waals surface area contributed by atoms with Gasteiger partial charge in [-0.3, -0.25) is 5.43 Å². The summed E-state index contributed by atoms with van der Waals surface area (Å²) in [5, 5.41) is 3.39. The molecule has 0 bridgehead atoms. The Morgan fingerprint density at radius 2 is 1.52 bits per heavy atom. The van der Waals surface area contributed by atoms with Crippen LogP contribution < -0.4 is 14.9 Å². The number of hydrogen-bond acceptors (Lipinski definition) is 4. The molecule has 0 aliphatic rings. The van der Waals surface area contributed by atoms with Gasteiger partial charge in [0.1, 0.15) is 11.3 Å². The van der Waals surface area contributed by atoms with Crippen LogP contribution in [0.1, 0.15) is 11.1 Å². The normalized spacial score (nSPS) is 11.7. The van der Waals surface area contributed by atoms with Crippen LogP contribution in [0, 0.1) is 23.3 Å². The van der Waals surface area contributed by atoms with Crippen molar-refractivity contribution in [1.82, 2.24) is 0 Å². The summed E-state index contributed by atoms with van der Waals surface area (Å²) in [4.78, 5) is 0. The van der Waals surface area contributed by atoms with E-state index >= 15 is 0 Å². The molecule has 0 aliphatic carbocycles. The quantitative estimate of drug-likeness (QED) is 0.344. The third-order valence-corrected chi connectivity index (χ3v) is 3.36. The highest BCUT2D eigenvalue weighted by molar-refractivity contribution is 5.85. The molecule has 11 heteroatoms. The summed E-state index contributed by atoms with van der Waals surface area (Å²) in [7, 11) is 2.66. The van der Waals surface area contributed by atoms with E-state index < -0.39 is 40.7 Å². The number of anilines is 1. The third kappa shape index (κ3) is 3.91. The summed E-state index contributed by atoms with van der Waals surface area (Å²) in [6.07, 6.45) is -4.65. The Balaban J connectivity index is 2.42. The van der Waals surface area contributed by atoms with Crippen molar-refractivity contribution in [3.8, 4) is 11.5 Å². The number of hydrazone groups is 1. The molecule has 0 saturated carbocycles. The summed E-state index contributed by atoms with van der Waals surface area (Å²) in [6.45, 7) is 0. The SMILES string of the molecule is COc1cccc(/C=N\Nc2c(F)c(F)c(C(F)(F)F)c(F)c2F)c1OC. The lowest BCUT2D eigenvalue weighted by molar-refractivity contribution is -0.143. The van der Waals surface area contributed by atoms with Crippen LogP contribution in [-0.2, 0) is 6.18 Å².